The minimum absolute atomic E-state index is 0.151. The molecule has 0 radical (unpaired) electrons. The van der Waals surface area contributed by atoms with Crippen molar-refractivity contribution in [3.05, 3.63) is 41.7 Å². The molecule has 1 unspecified atom stereocenters. The number of hydrogen-bond acceptors (Lipinski definition) is 4. The number of nitrogens with one attached hydrogen (secondary N) is 1. The minimum atomic E-state index is -0.151. The van der Waals surface area contributed by atoms with E-state index in [-0.39, 0.29) is 6.04 Å². The summed E-state index contributed by atoms with van der Waals surface area (Å²) >= 11 is 0. The number of allylic oxidation sites excluding steroid dienone is 1. The Kier molecular flexibility index (Phi) is 3.44. The van der Waals surface area contributed by atoms with Gasteiger partial charge in [0.05, 0.1) is 6.61 Å². The number of anilines is 1. The van der Waals surface area contributed by atoms with Gasteiger partial charge in [0.1, 0.15) is 11.8 Å². The summed E-state index contributed by atoms with van der Waals surface area (Å²) in [5.41, 5.74) is 10.4. The van der Waals surface area contributed by atoms with Gasteiger partial charge in [0.2, 0.25) is 0 Å². The first kappa shape index (κ1) is 11.0. The normalized spacial score (nSPS) is 17.4. The van der Waals surface area contributed by atoms with Crippen molar-refractivity contribution in [1.29, 1.82) is 0 Å². The number of ether oxygens (including phenoxy) is 1. The molecule has 0 spiro atoms. The van der Waals surface area contributed by atoms with Gasteiger partial charge in [0, 0.05) is 11.3 Å². The zero-order valence-electron chi connectivity index (χ0n) is 9.15. The van der Waals surface area contributed by atoms with Crippen molar-refractivity contribution >= 4 is 5.69 Å². The molecular weight excluding hydrogens is 202 g/mol. The Morgan fingerprint density at radius 1 is 1.31 bits per heavy atom. The fourth-order valence-electron chi connectivity index (χ4n) is 1.88. The van der Waals surface area contributed by atoms with Gasteiger partial charge in [0.25, 0.3) is 0 Å². The van der Waals surface area contributed by atoms with Gasteiger partial charge in [-0.1, -0.05) is 18.2 Å². The largest absolute Gasteiger partial charge is 0.496 e. The van der Waals surface area contributed by atoms with Gasteiger partial charge >= 0.3 is 0 Å². The predicted molar refractivity (Wildman–Crippen MR) is 64.2 cm³/mol. The summed E-state index contributed by atoms with van der Waals surface area (Å²) in [7, 11) is 0. The van der Waals surface area contributed by atoms with Gasteiger partial charge in [-0.2, -0.15) is 0 Å². The quantitative estimate of drug-likeness (QED) is 0.409. The zero-order chi connectivity index (χ0) is 11.4. The van der Waals surface area contributed by atoms with Crippen LogP contribution in [-0.4, -0.2) is 6.61 Å². The van der Waals surface area contributed by atoms with E-state index in [1.807, 2.05) is 24.3 Å². The van der Waals surface area contributed by atoms with E-state index in [9.17, 15) is 0 Å². The van der Waals surface area contributed by atoms with Crippen LogP contribution in [0.1, 0.15) is 24.4 Å². The highest BCUT2D eigenvalue weighted by Crippen LogP contribution is 2.28. The highest BCUT2D eigenvalue weighted by atomic mass is 16.5. The summed E-state index contributed by atoms with van der Waals surface area (Å²) in [6, 6.07) is 7.52. The lowest BCUT2D eigenvalue weighted by molar-refractivity contribution is 0.168. The maximum atomic E-state index is 5.93. The average molecular weight is 219 g/mol. The van der Waals surface area contributed by atoms with Crippen LogP contribution >= 0.6 is 0 Å². The van der Waals surface area contributed by atoms with Gasteiger partial charge < -0.3 is 10.5 Å². The van der Waals surface area contributed by atoms with Crippen molar-refractivity contribution in [2.24, 2.45) is 5.84 Å². The fourth-order valence-corrected chi connectivity index (χ4v) is 1.88. The van der Waals surface area contributed by atoms with E-state index in [1.54, 1.807) is 0 Å². The third-order valence-electron chi connectivity index (χ3n) is 2.72. The number of para-hydroxylation sites is 1. The second kappa shape index (κ2) is 5.01. The van der Waals surface area contributed by atoms with Crippen LogP contribution in [0.3, 0.4) is 0 Å². The molecule has 0 amide bonds. The van der Waals surface area contributed by atoms with Crippen molar-refractivity contribution in [2.75, 3.05) is 12.3 Å². The molecular formula is C12H17N3O. The summed E-state index contributed by atoms with van der Waals surface area (Å²) in [6.45, 7) is 0.747. The van der Waals surface area contributed by atoms with Crippen molar-refractivity contribution in [1.82, 2.24) is 5.43 Å². The lowest BCUT2D eigenvalue weighted by atomic mass is 10.0. The van der Waals surface area contributed by atoms with E-state index in [1.165, 1.54) is 0 Å². The molecule has 1 atom stereocenters. The molecule has 4 heteroatoms. The molecule has 86 valence electrons. The standard InChI is InChI=1S/C12H17N3O/c13-10-6-2-1-5-9(10)12(15-14)11-7-3-4-8-16-11/h1-2,5-7,12,15H,3-4,8,13-14H2. The van der Waals surface area contributed by atoms with Crippen LogP contribution in [0.2, 0.25) is 0 Å². The van der Waals surface area contributed by atoms with Crippen LogP contribution in [0, 0.1) is 0 Å². The lowest BCUT2D eigenvalue weighted by Gasteiger charge is -2.24. The van der Waals surface area contributed by atoms with E-state index in [4.69, 9.17) is 16.3 Å². The van der Waals surface area contributed by atoms with Gasteiger partial charge in [0.15, 0.2) is 0 Å². The summed E-state index contributed by atoms with van der Waals surface area (Å²) in [5.74, 6) is 6.45. The van der Waals surface area contributed by atoms with Crippen LogP contribution in [0.5, 0.6) is 0 Å². The van der Waals surface area contributed by atoms with Gasteiger partial charge in [-0.15, -0.1) is 0 Å². The molecule has 0 bridgehead atoms. The molecule has 16 heavy (non-hydrogen) atoms. The SMILES string of the molecule is NNC(C1=CCCCO1)c1ccccc1N. The average Bonchev–Trinajstić information content (AvgIpc) is 2.34. The van der Waals surface area contributed by atoms with Gasteiger partial charge in [-0.25, -0.2) is 5.43 Å². The Morgan fingerprint density at radius 3 is 2.75 bits per heavy atom. The van der Waals surface area contributed by atoms with Gasteiger partial charge in [-0.3, -0.25) is 5.84 Å². The molecule has 1 aromatic rings. The molecule has 1 aromatic carbocycles. The van der Waals surface area contributed by atoms with Crippen LogP contribution in [0.4, 0.5) is 5.69 Å². The van der Waals surface area contributed by atoms with Crippen molar-refractivity contribution in [3.63, 3.8) is 0 Å². The minimum Gasteiger partial charge on any atom is -0.496 e. The summed E-state index contributed by atoms with van der Waals surface area (Å²) in [6.07, 6.45) is 4.16. The Morgan fingerprint density at radius 2 is 2.12 bits per heavy atom. The second-order valence-corrected chi connectivity index (χ2v) is 3.83. The fraction of sp³-hybridized carbons (Fsp3) is 0.333. The first-order chi connectivity index (χ1) is 7.83. The number of benzene rings is 1. The van der Waals surface area contributed by atoms with Crippen LogP contribution in [-0.2, 0) is 4.74 Å². The molecule has 1 aliphatic heterocycles. The Labute approximate surface area is 95.2 Å². The molecule has 0 aromatic heterocycles. The lowest BCUT2D eigenvalue weighted by Crippen LogP contribution is -2.31. The summed E-state index contributed by atoms with van der Waals surface area (Å²) in [5, 5.41) is 0. The number of rotatable bonds is 3. The highest BCUT2D eigenvalue weighted by molar-refractivity contribution is 5.50. The van der Waals surface area contributed by atoms with E-state index >= 15 is 0 Å². The Balaban J connectivity index is 2.28. The number of hydrazine groups is 1. The van der Waals surface area contributed by atoms with Crippen LogP contribution in [0.15, 0.2) is 36.1 Å². The third-order valence-corrected chi connectivity index (χ3v) is 2.72. The van der Waals surface area contributed by atoms with Gasteiger partial charge in [-0.05, 0) is 25.0 Å². The Bertz CT molecular complexity index is 390. The summed E-state index contributed by atoms with van der Waals surface area (Å²) in [4.78, 5) is 0. The monoisotopic (exact) mass is 219 g/mol. The number of hydrogen-bond donors (Lipinski definition) is 3. The molecule has 2 rings (SSSR count). The van der Waals surface area contributed by atoms with Crippen molar-refractivity contribution in [3.8, 4) is 0 Å². The topological polar surface area (TPSA) is 73.3 Å². The molecule has 5 N–H and O–H groups in total. The van der Waals surface area contributed by atoms with E-state index in [0.29, 0.717) is 0 Å². The first-order valence-corrected chi connectivity index (χ1v) is 5.46. The molecule has 0 saturated heterocycles. The zero-order valence-corrected chi connectivity index (χ0v) is 9.15. The number of nitrogen functional groups attached to an aromatic ring is 1. The van der Waals surface area contributed by atoms with E-state index in [0.717, 1.165) is 36.5 Å². The highest BCUT2D eigenvalue weighted by Gasteiger charge is 2.20. The van der Waals surface area contributed by atoms with Crippen molar-refractivity contribution in [2.45, 2.75) is 18.9 Å². The Hall–Kier alpha value is -1.52. The second-order valence-electron chi connectivity index (χ2n) is 3.83. The maximum absolute atomic E-state index is 5.93. The van der Waals surface area contributed by atoms with Crippen molar-refractivity contribution < 1.29 is 4.74 Å². The molecule has 0 saturated carbocycles. The molecule has 4 nitrogen and oxygen atoms in total. The van der Waals surface area contributed by atoms with E-state index in [2.05, 4.69) is 11.5 Å². The third kappa shape index (κ3) is 2.18. The molecule has 0 fully saturated rings. The smallest absolute Gasteiger partial charge is 0.115 e. The maximum Gasteiger partial charge on any atom is 0.115 e. The molecule has 1 heterocycles. The first-order valence-electron chi connectivity index (χ1n) is 5.46. The van der Waals surface area contributed by atoms with Crippen LogP contribution in [0.25, 0.3) is 0 Å². The molecule has 0 aliphatic carbocycles. The molecule has 1 aliphatic rings. The van der Waals surface area contributed by atoms with E-state index < -0.39 is 0 Å². The van der Waals surface area contributed by atoms with Crippen LogP contribution < -0.4 is 17.0 Å². The number of nitrogens with two attached hydrogens (primary N) is 2. The summed E-state index contributed by atoms with van der Waals surface area (Å²) < 4.78 is 5.60. The predicted octanol–water partition coefficient (Wildman–Crippen LogP) is 1.47.